The highest BCUT2D eigenvalue weighted by Gasteiger charge is 2.32. The van der Waals surface area contributed by atoms with E-state index in [9.17, 15) is 27.0 Å². The van der Waals surface area contributed by atoms with E-state index >= 15 is 0 Å². The van der Waals surface area contributed by atoms with Crippen molar-refractivity contribution in [1.29, 1.82) is 0 Å². The Bertz CT molecular complexity index is 1150. The molecular formula is C23H24F3N2O4S2-. The number of rotatable bonds is 8. The van der Waals surface area contributed by atoms with Crippen LogP contribution >= 0.6 is 11.3 Å². The molecule has 1 aliphatic rings. The van der Waals surface area contributed by atoms with Crippen molar-refractivity contribution in [2.75, 3.05) is 23.9 Å². The summed E-state index contributed by atoms with van der Waals surface area (Å²) in [6.45, 7) is 3.05. The first-order chi connectivity index (χ1) is 16.1. The van der Waals surface area contributed by atoms with Crippen molar-refractivity contribution >= 4 is 37.7 Å². The second-order valence-corrected chi connectivity index (χ2v) is 10.2. The van der Waals surface area contributed by atoms with Gasteiger partial charge in [-0.15, -0.1) is 24.5 Å². The second kappa shape index (κ2) is 10.2. The first kappa shape index (κ1) is 24.9. The summed E-state index contributed by atoms with van der Waals surface area (Å²) in [5.74, 6) is -0.312. The number of hydrogen-bond acceptors (Lipinski definition) is 6. The summed E-state index contributed by atoms with van der Waals surface area (Å²) in [5, 5.41) is 11.7. The molecule has 34 heavy (non-hydrogen) atoms. The van der Waals surface area contributed by atoms with Gasteiger partial charge in [-0.2, -0.15) is 0 Å². The van der Waals surface area contributed by atoms with Crippen molar-refractivity contribution < 1.29 is 31.8 Å². The lowest BCUT2D eigenvalue weighted by Crippen LogP contribution is -2.45. The number of aryl methyl sites for hydroxylation is 1. The maximum absolute atomic E-state index is 12.5. The van der Waals surface area contributed by atoms with E-state index in [0.29, 0.717) is 30.9 Å². The van der Waals surface area contributed by atoms with Gasteiger partial charge in [-0.3, -0.25) is 13.4 Å². The summed E-state index contributed by atoms with van der Waals surface area (Å²) in [4.78, 5) is 2.04. The number of hydrogen-bond donors (Lipinski definition) is 1. The molecule has 0 aliphatic carbocycles. The Kier molecular flexibility index (Phi) is 7.48. The van der Waals surface area contributed by atoms with Gasteiger partial charge in [0.15, 0.2) is 0 Å². The Morgan fingerprint density at radius 3 is 2.56 bits per heavy atom. The molecule has 6 nitrogen and oxygen atoms in total. The summed E-state index contributed by atoms with van der Waals surface area (Å²) < 4.78 is 68.3. The van der Waals surface area contributed by atoms with E-state index < -0.39 is 23.7 Å². The maximum Gasteiger partial charge on any atom is 0.573 e. The SMILES string of the molecule is Cc1c(N(CC(Cc2ccc(OC(F)(F)F)cc2)N2CCC(O)C2)S(=O)[O-])sc2ccccc12. The first-order valence-electron chi connectivity index (χ1n) is 10.7. The molecule has 1 N–H and O–H groups in total. The van der Waals surface area contributed by atoms with Gasteiger partial charge in [0, 0.05) is 41.6 Å². The van der Waals surface area contributed by atoms with Crippen LogP contribution < -0.4 is 9.04 Å². The van der Waals surface area contributed by atoms with E-state index in [-0.39, 0.29) is 18.3 Å². The topological polar surface area (TPSA) is 76.1 Å². The van der Waals surface area contributed by atoms with E-state index in [1.54, 1.807) is 12.1 Å². The van der Waals surface area contributed by atoms with Gasteiger partial charge >= 0.3 is 6.36 Å². The quantitative estimate of drug-likeness (QED) is 0.453. The van der Waals surface area contributed by atoms with Crippen molar-refractivity contribution in [1.82, 2.24) is 4.90 Å². The van der Waals surface area contributed by atoms with Gasteiger partial charge in [-0.1, -0.05) is 30.3 Å². The number of aliphatic hydroxyl groups is 1. The number of alkyl halides is 3. The number of halogens is 3. The van der Waals surface area contributed by atoms with Gasteiger partial charge in [0.05, 0.1) is 6.10 Å². The molecule has 3 aromatic rings. The predicted octanol–water partition coefficient (Wildman–Crippen LogP) is 4.39. The average Bonchev–Trinajstić information content (AvgIpc) is 3.35. The van der Waals surface area contributed by atoms with Gasteiger partial charge in [-0.05, 0) is 54.5 Å². The minimum Gasteiger partial charge on any atom is -0.755 e. The van der Waals surface area contributed by atoms with Crippen molar-refractivity contribution in [2.45, 2.75) is 38.3 Å². The molecule has 1 saturated heterocycles. The van der Waals surface area contributed by atoms with E-state index in [4.69, 9.17) is 0 Å². The minimum absolute atomic E-state index is 0.150. The number of likely N-dealkylation sites (tertiary alicyclic amines) is 1. The predicted molar refractivity (Wildman–Crippen MR) is 126 cm³/mol. The molecule has 2 aromatic carbocycles. The van der Waals surface area contributed by atoms with Crippen LogP contribution in [0.5, 0.6) is 5.75 Å². The number of aliphatic hydroxyl groups excluding tert-OH is 1. The molecule has 1 aliphatic heterocycles. The Morgan fingerprint density at radius 1 is 1.26 bits per heavy atom. The van der Waals surface area contributed by atoms with E-state index in [2.05, 4.69) is 4.74 Å². The number of fused-ring (bicyclic) bond motifs is 1. The third kappa shape index (κ3) is 5.89. The molecule has 0 radical (unpaired) electrons. The molecule has 1 aromatic heterocycles. The molecule has 4 rings (SSSR count). The van der Waals surface area contributed by atoms with Crippen LogP contribution in [-0.2, 0) is 17.7 Å². The minimum atomic E-state index is -4.77. The first-order valence-corrected chi connectivity index (χ1v) is 12.6. The van der Waals surface area contributed by atoms with Crippen molar-refractivity contribution in [3.63, 3.8) is 0 Å². The zero-order valence-electron chi connectivity index (χ0n) is 18.3. The molecule has 11 heteroatoms. The van der Waals surface area contributed by atoms with Crippen molar-refractivity contribution in [3.05, 3.63) is 59.7 Å². The van der Waals surface area contributed by atoms with Gasteiger partial charge in [0.2, 0.25) is 0 Å². The zero-order chi connectivity index (χ0) is 24.5. The van der Waals surface area contributed by atoms with Gasteiger partial charge < -0.3 is 14.4 Å². The van der Waals surface area contributed by atoms with Crippen LogP contribution in [-0.4, -0.2) is 56.9 Å². The fourth-order valence-electron chi connectivity index (χ4n) is 4.31. The molecule has 3 atom stereocenters. The van der Waals surface area contributed by atoms with Gasteiger partial charge in [-0.25, -0.2) is 0 Å². The van der Waals surface area contributed by atoms with Crippen LogP contribution in [0.1, 0.15) is 17.5 Å². The molecule has 0 spiro atoms. The van der Waals surface area contributed by atoms with Crippen molar-refractivity contribution in [3.8, 4) is 5.75 Å². The van der Waals surface area contributed by atoms with Crippen LogP contribution in [0.4, 0.5) is 18.2 Å². The fourth-order valence-corrected chi connectivity index (χ4v) is 6.30. The summed E-state index contributed by atoms with van der Waals surface area (Å²) in [7, 11) is 0. The van der Waals surface area contributed by atoms with Crippen LogP contribution in [0, 0.1) is 6.92 Å². The summed E-state index contributed by atoms with van der Waals surface area (Å²) in [6.07, 6.45) is -4.29. The lowest BCUT2D eigenvalue weighted by Gasteiger charge is -2.34. The number of nitrogens with zero attached hydrogens (tertiary/aromatic N) is 2. The summed E-state index contributed by atoms with van der Waals surface area (Å²) >= 11 is -1.13. The second-order valence-electron chi connectivity index (χ2n) is 8.29. The lowest BCUT2D eigenvalue weighted by molar-refractivity contribution is -0.274. The fraction of sp³-hybridized carbons (Fsp3) is 0.391. The highest BCUT2D eigenvalue weighted by atomic mass is 32.2. The van der Waals surface area contributed by atoms with Gasteiger partial charge in [0.25, 0.3) is 0 Å². The summed E-state index contributed by atoms with van der Waals surface area (Å²) in [5.41, 5.74) is 1.62. The van der Waals surface area contributed by atoms with Crippen LogP contribution in [0.3, 0.4) is 0 Å². The third-order valence-electron chi connectivity index (χ3n) is 5.94. The number of β-amino-alcohol motifs (C(OH)–C–C–N with tert-alkyl or cyclic N) is 1. The molecule has 1 fully saturated rings. The smallest absolute Gasteiger partial charge is 0.573 e. The Balaban J connectivity index is 1.59. The molecule has 184 valence electrons. The molecule has 2 heterocycles. The largest absolute Gasteiger partial charge is 0.755 e. The normalized spacial score (nSPS) is 18.8. The molecule has 0 amide bonds. The molecule has 0 saturated carbocycles. The number of thiophene rings is 1. The Labute approximate surface area is 202 Å². The lowest BCUT2D eigenvalue weighted by atomic mass is 10.0. The number of anilines is 1. The molecule has 3 unspecified atom stereocenters. The number of benzene rings is 2. The monoisotopic (exact) mass is 513 g/mol. The van der Waals surface area contributed by atoms with Crippen molar-refractivity contribution in [2.24, 2.45) is 0 Å². The number of ether oxygens (including phenoxy) is 1. The maximum atomic E-state index is 12.5. The van der Waals surface area contributed by atoms with Crippen LogP contribution in [0.15, 0.2) is 48.5 Å². The van der Waals surface area contributed by atoms with Gasteiger partial charge in [0.1, 0.15) is 10.8 Å². The van der Waals surface area contributed by atoms with Crippen LogP contribution in [0.25, 0.3) is 10.1 Å². The van der Waals surface area contributed by atoms with E-state index in [1.165, 1.54) is 27.8 Å². The average molecular weight is 514 g/mol. The van der Waals surface area contributed by atoms with Crippen LogP contribution in [0.2, 0.25) is 0 Å². The summed E-state index contributed by atoms with van der Waals surface area (Å²) in [6, 6.07) is 13.0. The highest BCUT2D eigenvalue weighted by Crippen LogP contribution is 2.38. The highest BCUT2D eigenvalue weighted by molar-refractivity contribution is 7.81. The zero-order valence-corrected chi connectivity index (χ0v) is 20.0. The van der Waals surface area contributed by atoms with E-state index in [1.807, 2.05) is 36.1 Å². The third-order valence-corrected chi connectivity index (χ3v) is 8.04. The Hall–Kier alpha value is -2.18. The molecular weight excluding hydrogens is 489 g/mol. The molecule has 0 bridgehead atoms. The standard InChI is InChI=1S/C23H25F3N2O4S2/c1-15-20-4-2-3-5-21(20)33-22(15)28(34(30)31)13-17(27-11-10-18(29)14-27)12-16-6-8-19(9-7-16)32-23(24,25)26/h2-9,17-18,29H,10-14H2,1H3,(H,30,31)/p-1. The Morgan fingerprint density at radius 2 is 1.97 bits per heavy atom. The van der Waals surface area contributed by atoms with E-state index in [0.717, 1.165) is 21.2 Å².